The third kappa shape index (κ3) is 6.87. The van der Waals surface area contributed by atoms with E-state index < -0.39 is 24.0 Å². The summed E-state index contributed by atoms with van der Waals surface area (Å²) in [4.78, 5) is 25.1. The van der Waals surface area contributed by atoms with Crippen LogP contribution in [-0.2, 0) is 27.2 Å². The van der Waals surface area contributed by atoms with Gasteiger partial charge in [0.25, 0.3) is 0 Å². The quantitative estimate of drug-likeness (QED) is 0.148. The first kappa shape index (κ1) is 22.9. The Labute approximate surface area is 182 Å². The van der Waals surface area contributed by atoms with Crippen molar-refractivity contribution in [3.05, 3.63) is 57.2 Å². The van der Waals surface area contributed by atoms with Gasteiger partial charge < -0.3 is 20.3 Å². The van der Waals surface area contributed by atoms with Crippen molar-refractivity contribution in [2.45, 2.75) is 31.8 Å². The minimum Gasteiger partial charge on any atom is -0.508 e. The Bertz CT molecular complexity index is 845. The molecule has 8 nitrogen and oxygen atoms in total. The summed E-state index contributed by atoms with van der Waals surface area (Å²) in [6, 6.07) is 9.70. The number of nitrogens with one attached hydrogen (secondary N) is 2. The SMILES string of the molecule is CCOC(=O)[C@H](Cc1ccc(O)c(I)c1)NC(=O)[C@H](Cc1ccc(O)cc1)NN. The lowest BCUT2D eigenvalue weighted by atomic mass is 10.0. The van der Waals surface area contributed by atoms with Crippen LogP contribution in [0.5, 0.6) is 11.5 Å². The van der Waals surface area contributed by atoms with E-state index in [1.165, 1.54) is 18.2 Å². The summed E-state index contributed by atoms with van der Waals surface area (Å²) in [5.74, 6) is 4.81. The Balaban J connectivity index is 2.12. The van der Waals surface area contributed by atoms with Crippen molar-refractivity contribution >= 4 is 34.5 Å². The number of aromatic hydroxyl groups is 2. The van der Waals surface area contributed by atoms with Crippen LogP contribution in [0.3, 0.4) is 0 Å². The minimum absolute atomic E-state index is 0.126. The Morgan fingerprint density at radius 1 is 1.07 bits per heavy atom. The Morgan fingerprint density at radius 3 is 2.28 bits per heavy atom. The van der Waals surface area contributed by atoms with E-state index in [0.29, 0.717) is 3.57 Å². The van der Waals surface area contributed by atoms with Crippen LogP contribution in [0.25, 0.3) is 0 Å². The molecule has 0 aromatic heterocycles. The van der Waals surface area contributed by atoms with E-state index in [1.807, 2.05) is 22.6 Å². The number of phenolic OH excluding ortho intramolecular Hbond substituents is 2. The number of hydrogen-bond donors (Lipinski definition) is 5. The van der Waals surface area contributed by atoms with Gasteiger partial charge in [0.2, 0.25) is 5.91 Å². The fourth-order valence-electron chi connectivity index (χ4n) is 2.72. The smallest absolute Gasteiger partial charge is 0.328 e. The predicted octanol–water partition coefficient (Wildman–Crippen LogP) is 1.37. The van der Waals surface area contributed by atoms with Gasteiger partial charge in [-0.25, -0.2) is 10.2 Å². The molecule has 0 aliphatic rings. The van der Waals surface area contributed by atoms with Crippen LogP contribution in [-0.4, -0.2) is 40.8 Å². The molecule has 0 aliphatic heterocycles. The number of benzene rings is 2. The van der Waals surface area contributed by atoms with Gasteiger partial charge in [0, 0.05) is 6.42 Å². The molecule has 0 bridgehead atoms. The highest BCUT2D eigenvalue weighted by Gasteiger charge is 2.26. The topological polar surface area (TPSA) is 134 Å². The van der Waals surface area contributed by atoms with Gasteiger partial charge in [-0.2, -0.15) is 0 Å². The van der Waals surface area contributed by atoms with Crippen LogP contribution in [0.15, 0.2) is 42.5 Å². The normalized spacial score (nSPS) is 12.8. The molecule has 0 heterocycles. The molecule has 9 heteroatoms. The fraction of sp³-hybridized carbons (Fsp3) is 0.300. The molecule has 0 spiro atoms. The number of esters is 1. The highest BCUT2D eigenvalue weighted by molar-refractivity contribution is 14.1. The number of hydrogen-bond acceptors (Lipinski definition) is 7. The molecular formula is C20H24IN3O5. The van der Waals surface area contributed by atoms with Gasteiger partial charge in [0.05, 0.1) is 10.2 Å². The van der Waals surface area contributed by atoms with Gasteiger partial charge in [0.1, 0.15) is 23.6 Å². The first-order valence-corrected chi connectivity index (χ1v) is 10.1. The number of hydrazine groups is 1. The zero-order valence-corrected chi connectivity index (χ0v) is 18.0. The molecule has 0 saturated heterocycles. The second-order valence-corrected chi connectivity index (χ2v) is 7.56. The summed E-state index contributed by atoms with van der Waals surface area (Å²) in [6.45, 7) is 1.87. The number of amides is 1. The highest BCUT2D eigenvalue weighted by Crippen LogP contribution is 2.21. The van der Waals surface area contributed by atoms with Crippen molar-refractivity contribution in [3.8, 4) is 11.5 Å². The monoisotopic (exact) mass is 513 g/mol. The number of halogens is 1. The van der Waals surface area contributed by atoms with Gasteiger partial charge in [0.15, 0.2) is 0 Å². The summed E-state index contributed by atoms with van der Waals surface area (Å²) in [5, 5.41) is 21.7. The van der Waals surface area contributed by atoms with Crippen LogP contribution < -0.4 is 16.6 Å². The van der Waals surface area contributed by atoms with Gasteiger partial charge >= 0.3 is 5.97 Å². The number of carbonyl (C=O) groups excluding carboxylic acids is 2. The van der Waals surface area contributed by atoms with Crippen LogP contribution in [0, 0.1) is 3.57 Å². The molecule has 0 fully saturated rings. The Hall–Kier alpha value is -2.37. The second-order valence-electron chi connectivity index (χ2n) is 6.39. The molecule has 2 aromatic carbocycles. The second kappa shape index (κ2) is 11.0. The third-order valence-electron chi connectivity index (χ3n) is 4.23. The first-order chi connectivity index (χ1) is 13.8. The van der Waals surface area contributed by atoms with Crippen molar-refractivity contribution in [2.75, 3.05) is 6.61 Å². The van der Waals surface area contributed by atoms with Crippen molar-refractivity contribution < 1.29 is 24.5 Å². The molecule has 0 saturated carbocycles. The lowest BCUT2D eigenvalue weighted by Gasteiger charge is -2.21. The van der Waals surface area contributed by atoms with Crippen molar-refractivity contribution in [1.82, 2.24) is 10.7 Å². The van der Waals surface area contributed by atoms with E-state index in [2.05, 4.69) is 10.7 Å². The van der Waals surface area contributed by atoms with Crippen LogP contribution >= 0.6 is 22.6 Å². The summed E-state index contributed by atoms with van der Waals surface area (Å²) >= 11 is 1.99. The summed E-state index contributed by atoms with van der Waals surface area (Å²) in [5.41, 5.74) is 4.02. The average Bonchev–Trinajstić information content (AvgIpc) is 2.69. The van der Waals surface area contributed by atoms with E-state index in [0.717, 1.165) is 11.1 Å². The number of ether oxygens (including phenoxy) is 1. The Kier molecular flexibility index (Phi) is 8.68. The summed E-state index contributed by atoms with van der Waals surface area (Å²) in [7, 11) is 0. The lowest BCUT2D eigenvalue weighted by molar-refractivity contribution is -0.147. The maximum Gasteiger partial charge on any atom is 0.328 e. The van der Waals surface area contributed by atoms with Gasteiger partial charge in [-0.05, 0) is 71.3 Å². The largest absolute Gasteiger partial charge is 0.508 e. The van der Waals surface area contributed by atoms with E-state index in [4.69, 9.17) is 10.6 Å². The number of carbonyl (C=O) groups is 2. The molecule has 0 radical (unpaired) electrons. The fourth-order valence-corrected chi connectivity index (χ4v) is 3.30. The van der Waals surface area contributed by atoms with Crippen LogP contribution in [0.2, 0.25) is 0 Å². The summed E-state index contributed by atoms with van der Waals surface area (Å²) in [6.07, 6.45) is 0.479. The van der Waals surface area contributed by atoms with Crippen molar-refractivity contribution in [3.63, 3.8) is 0 Å². The lowest BCUT2D eigenvalue weighted by Crippen LogP contribution is -2.53. The maximum atomic E-state index is 12.7. The number of phenols is 2. The highest BCUT2D eigenvalue weighted by atomic mass is 127. The zero-order chi connectivity index (χ0) is 21.4. The first-order valence-electron chi connectivity index (χ1n) is 9.02. The average molecular weight is 513 g/mol. The predicted molar refractivity (Wildman–Crippen MR) is 116 cm³/mol. The van der Waals surface area contributed by atoms with Crippen LogP contribution in [0.1, 0.15) is 18.1 Å². The molecule has 2 rings (SSSR count). The van der Waals surface area contributed by atoms with Crippen molar-refractivity contribution in [1.29, 1.82) is 0 Å². The molecule has 2 atom stereocenters. The van der Waals surface area contributed by atoms with E-state index in [1.54, 1.807) is 31.2 Å². The molecular weight excluding hydrogens is 489 g/mol. The Morgan fingerprint density at radius 2 is 1.69 bits per heavy atom. The maximum absolute atomic E-state index is 12.7. The molecule has 1 amide bonds. The molecule has 0 aliphatic carbocycles. The van der Waals surface area contributed by atoms with E-state index in [9.17, 15) is 19.8 Å². The number of rotatable bonds is 9. The van der Waals surface area contributed by atoms with E-state index in [-0.39, 0.29) is 30.9 Å². The minimum atomic E-state index is -0.904. The third-order valence-corrected chi connectivity index (χ3v) is 5.10. The van der Waals surface area contributed by atoms with Crippen molar-refractivity contribution in [2.24, 2.45) is 5.84 Å². The zero-order valence-electron chi connectivity index (χ0n) is 15.9. The molecule has 29 heavy (non-hydrogen) atoms. The van der Waals surface area contributed by atoms with E-state index >= 15 is 0 Å². The number of nitrogens with two attached hydrogens (primary N) is 1. The summed E-state index contributed by atoms with van der Waals surface area (Å²) < 4.78 is 5.73. The molecule has 6 N–H and O–H groups in total. The van der Waals surface area contributed by atoms with Gasteiger partial charge in [-0.1, -0.05) is 18.2 Å². The molecule has 0 unspecified atom stereocenters. The molecule has 2 aromatic rings. The van der Waals surface area contributed by atoms with Crippen LogP contribution in [0.4, 0.5) is 0 Å². The standard InChI is InChI=1S/C20H24IN3O5/c1-2-29-20(28)17(11-13-5-8-18(26)15(21)9-13)23-19(27)16(24-22)10-12-3-6-14(25)7-4-12/h3-9,16-17,24-26H,2,10-11,22H2,1H3,(H,23,27)/t16-,17-/m0/s1. The molecule has 156 valence electrons. The van der Waals surface area contributed by atoms with Gasteiger partial charge in [-0.3, -0.25) is 10.6 Å². The van der Waals surface area contributed by atoms with Gasteiger partial charge in [-0.15, -0.1) is 0 Å².